The number of fused-ring (bicyclic) bond motifs is 2. The minimum atomic E-state index is -0.137. The summed E-state index contributed by atoms with van der Waals surface area (Å²) < 4.78 is 12.5. The van der Waals surface area contributed by atoms with E-state index in [0.29, 0.717) is 11.3 Å². The van der Waals surface area contributed by atoms with E-state index in [1.165, 1.54) is 50.5 Å². The number of ether oxygens (including phenoxy) is 2. The monoisotopic (exact) mass is 414 g/mol. The van der Waals surface area contributed by atoms with Crippen LogP contribution in [0, 0.1) is 28.1 Å². The van der Waals surface area contributed by atoms with E-state index in [0.717, 1.165) is 17.6 Å². The molecule has 2 saturated carbocycles. The summed E-state index contributed by atoms with van der Waals surface area (Å²) in [5.41, 5.74) is 2.15. The third kappa shape index (κ3) is 5.61. The average Bonchev–Trinajstić information content (AvgIpc) is 2.62. The van der Waals surface area contributed by atoms with Crippen molar-refractivity contribution in [1.82, 2.24) is 0 Å². The largest absolute Gasteiger partial charge is 0.464 e. The van der Waals surface area contributed by atoms with Crippen LogP contribution in [-0.4, -0.2) is 13.4 Å². The van der Waals surface area contributed by atoms with E-state index in [2.05, 4.69) is 72.7 Å². The van der Waals surface area contributed by atoms with Crippen LogP contribution < -0.4 is 4.74 Å². The van der Waals surface area contributed by atoms with E-state index in [1.807, 2.05) is 7.11 Å². The summed E-state index contributed by atoms with van der Waals surface area (Å²) in [5.74, 6) is 3.11. The van der Waals surface area contributed by atoms with E-state index in [9.17, 15) is 0 Å². The summed E-state index contributed by atoms with van der Waals surface area (Å²) in [6, 6.07) is 8.92. The molecule has 0 N–H and O–H groups in total. The normalized spacial score (nSPS) is 29.3. The first kappa shape index (κ1) is 23.6. The zero-order chi connectivity index (χ0) is 22.2. The highest BCUT2D eigenvalue weighted by Crippen LogP contribution is 2.53. The Labute approximate surface area is 186 Å². The molecule has 2 aliphatic rings. The van der Waals surface area contributed by atoms with Gasteiger partial charge in [0.2, 0.25) is 6.29 Å². The molecular weight excluding hydrogens is 368 g/mol. The summed E-state index contributed by atoms with van der Waals surface area (Å²) in [6.07, 6.45) is 8.88. The zero-order valence-electron chi connectivity index (χ0n) is 20.9. The number of hydrogen-bond acceptors (Lipinski definition) is 2. The van der Waals surface area contributed by atoms with E-state index in [1.54, 1.807) is 0 Å². The molecule has 0 radical (unpaired) electrons. The number of methoxy groups -OCH3 is 1. The maximum Gasteiger partial charge on any atom is 0.205 e. The van der Waals surface area contributed by atoms with Gasteiger partial charge in [-0.2, -0.15) is 0 Å². The van der Waals surface area contributed by atoms with Crippen LogP contribution in [0.4, 0.5) is 0 Å². The van der Waals surface area contributed by atoms with E-state index >= 15 is 0 Å². The maximum atomic E-state index is 6.53. The Bertz CT molecular complexity index is 674. The molecular formula is C28H46O2. The topological polar surface area (TPSA) is 18.5 Å². The molecule has 0 amide bonds. The van der Waals surface area contributed by atoms with Gasteiger partial charge in [-0.15, -0.1) is 0 Å². The van der Waals surface area contributed by atoms with Gasteiger partial charge in [0.15, 0.2) is 0 Å². The number of rotatable bonds is 6. The molecule has 0 spiro atoms. The van der Waals surface area contributed by atoms with Crippen molar-refractivity contribution < 1.29 is 9.47 Å². The van der Waals surface area contributed by atoms with Crippen LogP contribution in [0.25, 0.3) is 0 Å². The van der Waals surface area contributed by atoms with Crippen LogP contribution in [0.15, 0.2) is 24.3 Å². The van der Waals surface area contributed by atoms with Crippen molar-refractivity contribution in [2.75, 3.05) is 7.11 Å². The van der Waals surface area contributed by atoms with Gasteiger partial charge in [0.25, 0.3) is 0 Å². The molecule has 0 aliphatic heterocycles. The van der Waals surface area contributed by atoms with Crippen molar-refractivity contribution in [2.24, 2.45) is 28.1 Å². The summed E-state index contributed by atoms with van der Waals surface area (Å²) in [6.45, 7) is 16.5. The molecule has 5 unspecified atom stereocenters. The lowest BCUT2D eigenvalue weighted by Gasteiger charge is -2.50. The summed E-state index contributed by atoms with van der Waals surface area (Å²) in [4.78, 5) is 0. The van der Waals surface area contributed by atoms with Crippen LogP contribution >= 0.6 is 0 Å². The van der Waals surface area contributed by atoms with E-state index < -0.39 is 0 Å². The molecule has 2 fully saturated rings. The van der Waals surface area contributed by atoms with Crippen LogP contribution in [0.3, 0.4) is 0 Å². The van der Waals surface area contributed by atoms with Crippen molar-refractivity contribution in [1.29, 1.82) is 0 Å². The summed E-state index contributed by atoms with van der Waals surface area (Å²) in [5, 5.41) is 0. The van der Waals surface area contributed by atoms with E-state index in [4.69, 9.17) is 9.47 Å². The number of hydrogen-bond donors (Lipinski definition) is 0. The Morgan fingerprint density at radius 3 is 2.27 bits per heavy atom. The third-order valence-corrected chi connectivity index (χ3v) is 7.57. The molecule has 0 saturated heterocycles. The highest BCUT2D eigenvalue weighted by Gasteiger charge is 2.48. The second-order valence-corrected chi connectivity index (χ2v) is 12.8. The van der Waals surface area contributed by atoms with Crippen molar-refractivity contribution in [3.05, 3.63) is 29.8 Å². The molecule has 170 valence electrons. The second kappa shape index (κ2) is 8.85. The van der Waals surface area contributed by atoms with Gasteiger partial charge in [0.05, 0.1) is 0 Å². The van der Waals surface area contributed by atoms with Gasteiger partial charge in [-0.25, -0.2) is 0 Å². The zero-order valence-corrected chi connectivity index (χ0v) is 20.9. The van der Waals surface area contributed by atoms with Crippen molar-refractivity contribution in [3.63, 3.8) is 0 Å². The first-order chi connectivity index (χ1) is 13.9. The Hall–Kier alpha value is -1.02. The Balaban J connectivity index is 1.76. The lowest BCUT2D eigenvalue weighted by atomic mass is 9.59. The fraction of sp³-hybridized carbons (Fsp3) is 0.786. The lowest BCUT2D eigenvalue weighted by molar-refractivity contribution is -0.177. The molecule has 0 heterocycles. The predicted molar refractivity (Wildman–Crippen MR) is 127 cm³/mol. The molecule has 1 aromatic rings. The van der Waals surface area contributed by atoms with Gasteiger partial charge in [-0.05, 0) is 78.4 Å². The molecule has 5 atom stereocenters. The van der Waals surface area contributed by atoms with Gasteiger partial charge in [0, 0.05) is 12.5 Å². The smallest absolute Gasteiger partial charge is 0.205 e. The standard InChI is InChI=1S/C28H46O2/c1-20-16-21-10-9-15-28(17-20,18-21)25(29-8)30-23-13-11-22(12-14-23)24(27(5,6)7)19-26(2,3)4/h11-14,20-21,24-25H,9-10,15-19H2,1-8H3. The highest BCUT2D eigenvalue weighted by atomic mass is 16.7. The molecule has 2 bridgehead atoms. The molecule has 0 aromatic heterocycles. The fourth-order valence-electron chi connectivity index (χ4n) is 6.43. The quantitative estimate of drug-likeness (QED) is 0.437. The van der Waals surface area contributed by atoms with Gasteiger partial charge >= 0.3 is 0 Å². The number of benzene rings is 1. The van der Waals surface area contributed by atoms with Gasteiger partial charge < -0.3 is 9.47 Å². The SMILES string of the molecule is COC(Oc1ccc(C(CC(C)(C)C)C(C)(C)C)cc1)C12CCCC(CC(C)C1)C2. The van der Waals surface area contributed by atoms with Gasteiger partial charge in [-0.3, -0.25) is 0 Å². The van der Waals surface area contributed by atoms with Crippen molar-refractivity contribution in [3.8, 4) is 5.75 Å². The molecule has 2 heteroatoms. The second-order valence-electron chi connectivity index (χ2n) is 12.8. The maximum absolute atomic E-state index is 6.53. The third-order valence-electron chi connectivity index (χ3n) is 7.57. The molecule has 3 rings (SSSR count). The first-order valence-electron chi connectivity index (χ1n) is 12.2. The van der Waals surface area contributed by atoms with Crippen LogP contribution in [0.2, 0.25) is 0 Å². The van der Waals surface area contributed by atoms with Crippen molar-refractivity contribution in [2.45, 2.75) is 106 Å². The van der Waals surface area contributed by atoms with Gasteiger partial charge in [-0.1, -0.05) is 73.4 Å². The lowest BCUT2D eigenvalue weighted by Crippen LogP contribution is -2.48. The molecule has 2 aliphatic carbocycles. The summed E-state index contributed by atoms with van der Waals surface area (Å²) in [7, 11) is 1.83. The highest BCUT2D eigenvalue weighted by molar-refractivity contribution is 5.31. The van der Waals surface area contributed by atoms with Crippen LogP contribution in [-0.2, 0) is 4.74 Å². The van der Waals surface area contributed by atoms with Gasteiger partial charge in [0.1, 0.15) is 5.75 Å². The average molecular weight is 415 g/mol. The van der Waals surface area contributed by atoms with Crippen molar-refractivity contribution >= 4 is 0 Å². The van der Waals surface area contributed by atoms with Crippen LogP contribution in [0.5, 0.6) is 5.75 Å². The first-order valence-corrected chi connectivity index (χ1v) is 12.2. The Morgan fingerprint density at radius 2 is 1.70 bits per heavy atom. The van der Waals surface area contributed by atoms with E-state index in [-0.39, 0.29) is 17.1 Å². The minimum absolute atomic E-state index is 0.137. The fourth-order valence-corrected chi connectivity index (χ4v) is 6.43. The van der Waals surface area contributed by atoms with Crippen LogP contribution in [0.1, 0.15) is 105 Å². The molecule has 30 heavy (non-hydrogen) atoms. The molecule has 2 nitrogen and oxygen atoms in total. The molecule has 1 aromatic carbocycles. The minimum Gasteiger partial charge on any atom is -0.464 e. The predicted octanol–water partition coefficient (Wildman–Crippen LogP) is 8.21. The Kier molecular flexibility index (Phi) is 6.97. The summed E-state index contributed by atoms with van der Waals surface area (Å²) >= 11 is 0. The Morgan fingerprint density at radius 1 is 1.03 bits per heavy atom.